The minimum Gasteiger partial charge on any atom is -0.545 e. The molecule has 0 fully saturated rings. The van der Waals surface area contributed by atoms with Crippen LogP contribution in [-0.4, -0.2) is 71.8 Å². The Kier molecular flexibility index (Phi) is 11.5. The van der Waals surface area contributed by atoms with Crippen LogP contribution in [0, 0.1) is 0 Å². The van der Waals surface area contributed by atoms with Gasteiger partial charge in [0.15, 0.2) is 50.8 Å². The van der Waals surface area contributed by atoms with Crippen molar-refractivity contribution in [2.75, 3.05) is 20.4 Å². The van der Waals surface area contributed by atoms with Crippen molar-refractivity contribution in [3.63, 3.8) is 0 Å². The molecule has 3 aromatic carbocycles. The second kappa shape index (κ2) is 16.3. The Morgan fingerprint density at radius 2 is 0.690 bits per heavy atom. The number of carbonyl (C=O) groups is 3. The number of carboxylic acid groups (broad SMARTS) is 3. The Labute approximate surface area is 338 Å². The summed E-state index contributed by atoms with van der Waals surface area (Å²) in [4.78, 5) is 69.3. The maximum atomic E-state index is 12.1. The van der Waals surface area contributed by atoms with Crippen LogP contribution in [0.3, 0.4) is 0 Å². The third kappa shape index (κ3) is 7.27. The van der Waals surface area contributed by atoms with Gasteiger partial charge in [-0.05, 0) is 39.0 Å². The molecule has 294 valence electrons. The van der Waals surface area contributed by atoms with Crippen molar-refractivity contribution in [1.29, 1.82) is 0 Å². The summed E-state index contributed by atoms with van der Waals surface area (Å²) in [6.07, 6.45) is 3.88. The summed E-state index contributed by atoms with van der Waals surface area (Å²) in [5.41, 5.74) is -0.936. The topological polar surface area (TPSA) is 242 Å². The molecule has 0 saturated heterocycles. The SMILES string of the molecule is CCn1cc(C(=O)[O-])c(=O)c2cc3c(cc21)OCO3.CCn1cc(C(=O)[O-])c(=O)c2cc3c(cc21)OCO3.CCn1cc(C(=O)[O-])c(=O)c2cc3c(cc21)OCO3.[Ga+3]. The van der Waals surface area contributed by atoms with Crippen LogP contribution in [0.1, 0.15) is 51.8 Å². The summed E-state index contributed by atoms with van der Waals surface area (Å²) in [6, 6.07) is 9.58. The predicted molar refractivity (Wildman–Crippen MR) is 199 cm³/mol. The Morgan fingerprint density at radius 3 is 0.897 bits per heavy atom. The average Bonchev–Trinajstić information content (AvgIpc) is 3.98. The van der Waals surface area contributed by atoms with E-state index in [1.165, 1.54) is 36.8 Å². The molecule has 6 heterocycles. The van der Waals surface area contributed by atoms with E-state index < -0.39 is 34.2 Å². The maximum absolute atomic E-state index is 12.1. The fourth-order valence-corrected chi connectivity index (χ4v) is 6.56. The molecule has 18 nitrogen and oxygen atoms in total. The van der Waals surface area contributed by atoms with E-state index in [0.717, 1.165) is 0 Å². The van der Waals surface area contributed by atoms with Gasteiger partial charge in [0.2, 0.25) is 20.4 Å². The Morgan fingerprint density at radius 1 is 0.466 bits per heavy atom. The van der Waals surface area contributed by atoms with E-state index in [2.05, 4.69) is 0 Å². The fraction of sp³-hybridized carbons (Fsp3) is 0.231. The summed E-state index contributed by atoms with van der Waals surface area (Å²) in [5.74, 6) is -1.44. The number of hydrogen-bond donors (Lipinski definition) is 0. The van der Waals surface area contributed by atoms with Crippen LogP contribution in [0.4, 0.5) is 0 Å². The van der Waals surface area contributed by atoms with Gasteiger partial charge in [-0.3, -0.25) is 14.4 Å². The van der Waals surface area contributed by atoms with Gasteiger partial charge in [-0.2, -0.15) is 0 Å². The zero-order valence-corrected chi connectivity index (χ0v) is 33.4. The number of carbonyl (C=O) groups excluding carboxylic acids is 3. The Bertz CT molecular complexity index is 2550. The second-order valence-corrected chi connectivity index (χ2v) is 12.5. The molecule has 0 spiro atoms. The third-order valence-corrected chi connectivity index (χ3v) is 9.41. The molecule has 0 amide bonds. The molecular formula is C39H30GaN3O15. The number of rotatable bonds is 6. The first-order valence-corrected chi connectivity index (χ1v) is 17.4. The molecule has 6 aromatic rings. The molecule has 0 unspecified atom stereocenters. The number of ether oxygens (including phenoxy) is 6. The Balaban J connectivity index is 0.000000145. The molecule has 0 atom stereocenters. The number of nitrogens with zero attached hydrogens (tertiary/aromatic N) is 3. The van der Waals surface area contributed by atoms with E-state index in [4.69, 9.17) is 28.4 Å². The molecule has 0 N–H and O–H groups in total. The molecular weight excluding hydrogens is 820 g/mol. The third-order valence-electron chi connectivity index (χ3n) is 9.41. The van der Waals surface area contributed by atoms with Crippen molar-refractivity contribution < 1.29 is 58.1 Å². The van der Waals surface area contributed by atoms with Crippen molar-refractivity contribution >= 4 is 70.4 Å². The summed E-state index contributed by atoms with van der Waals surface area (Å²) >= 11 is 0. The summed E-state index contributed by atoms with van der Waals surface area (Å²) in [6.45, 7) is 7.43. The number of pyridine rings is 3. The summed E-state index contributed by atoms with van der Waals surface area (Å²) < 4.78 is 36.4. The van der Waals surface area contributed by atoms with Crippen molar-refractivity contribution in [2.45, 2.75) is 40.4 Å². The zero-order chi connectivity index (χ0) is 40.7. The number of fused-ring (bicyclic) bond motifs is 6. The van der Waals surface area contributed by atoms with E-state index in [9.17, 15) is 44.1 Å². The number of aromatic carboxylic acids is 3. The Hall–Kier alpha value is -6.86. The normalized spacial score (nSPS) is 12.7. The van der Waals surface area contributed by atoms with Crippen LogP contribution >= 0.6 is 0 Å². The first-order chi connectivity index (χ1) is 27.3. The quantitative estimate of drug-likeness (QED) is 0.200. The first kappa shape index (κ1) is 40.8. The standard InChI is InChI=1S/3C13H11NO5.Ga/c3*1-2-14-5-8(13(16)17)12(15)7-3-10-11(4-9(7)14)19-6-18-10;/h3*3-5H,2,6H2,1H3,(H,16,17);/q;;;+3/p-3. The molecule has 3 aliphatic rings. The summed E-state index contributed by atoms with van der Waals surface area (Å²) in [5, 5.41) is 33.8. The number of aryl methyl sites for hydroxylation is 3. The van der Waals surface area contributed by atoms with E-state index in [-0.39, 0.29) is 73.0 Å². The molecule has 3 aromatic heterocycles. The van der Waals surface area contributed by atoms with E-state index in [1.807, 2.05) is 20.8 Å². The van der Waals surface area contributed by atoms with Crippen LogP contribution in [0.5, 0.6) is 34.5 Å². The molecule has 19 heteroatoms. The minimum atomic E-state index is -1.48. The van der Waals surface area contributed by atoms with Gasteiger partial charge < -0.3 is 71.8 Å². The van der Waals surface area contributed by atoms with Crippen molar-refractivity contribution in [3.8, 4) is 34.5 Å². The van der Waals surface area contributed by atoms with Crippen LogP contribution in [0.2, 0.25) is 0 Å². The molecule has 0 saturated carbocycles. The van der Waals surface area contributed by atoms with Gasteiger partial charge in [-0.1, -0.05) is 0 Å². The smallest absolute Gasteiger partial charge is 0.545 e. The van der Waals surface area contributed by atoms with Crippen molar-refractivity contribution in [2.24, 2.45) is 0 Å². The molecule has 0 bridgehead atoms. The molecule has 58 heavy (non-hydrogen) atoms. The zero-order valence-electron chi connectivity index (χ0n) is 31.0. The number of aromatic nitrogens is 3. The van der Waals surface area contributed by atoms with Crippen LogP contribution in [0.25, 0.3) is 32.7 Å². The van der Waals surface area contributed by atoms with Gasteiger partial charge in [-0.25, -0.2) is 0 Å². The summed E-state index contributed by atoms with van der Waals surface area (Å²) in [7, 11) is 0. The van der Waals surface area contributed by atoms with Gasteiger partial charge in [0.25, 0.3) is 0 Å². The number of benzene rings is 3. The molecule has 9 rings (SSSR count). The van der Waals surface area contributed by atoms with E-state index in [1.54, 1.807) is 31.9 Å². The van der Waals surface area contributed by atoms with Crippen LogP contribution in [-0.2, 0) is 19.6 Å². The van der Waals surface area contributed by atoms with Gasteiger partial charge in [0.05, 0.1) is 67.3 Å². The molecule has 3 aliphatic heterocycles. The van der Waals surface area contributed by atoms with Gasteiger partial charge in [0, 0.05) is 56.4 Å². The van der Waals surface area contributed by atoms with E-state index >= 15 is 0 Å². The minimum absolute atomic E-state index is 0. The van der Waals surface area contributed by atoms with Crippen LogP contribution in [0.15, 0.2) is 69.4 Å². The van der Waals surface area contributed by atoms with Crippen molar-refractivity contribution in [1.82, 2.24) is 13.7 Å². The van der Waals surface area contributed by atoms with E-state index in [0.29, 0.717) is 70.7 Å². The van der Waals surface area contributed by atoms with Crippen LogP contribution < -0.4 is 60.0 Å². The maximum Gasteiger partial charge on any atom is 3.00 e. The average molecular weight is 850 g/mol. The van der Waals surface area contributed by atoms with Crippen molar-refractivity contribution in [3.05, 3.63) is 102 Å². The van der Waals surface area contributed by atoms with Gasteiger partial charge in [0.1, 0.15) is 0 Å². The van der Waals surface area contributed by atoms with Gasteiger partial charge in [-0.15, -0.1) is 0 Å². The predicted octanol–water partition coefficient (Wildman–Crippen LogP) is -0.0400. The second-order valence-electron chi connectivity index (χ2n) is 12.5. The van der Waals surface area contributed by atoms with Gasteiger partial charge >= 0.3 is 19.8 Å². The first-order valence-electron chi connectivity index (χ1n) is 17.4. The largest absolute Gasteiger partial charge is 3.00 e. The fourth-order valence-electron chi connectivity index (χ4n) is 6.56. The number of hydrogen-bond acceptors (Lipinski definition) is 15. The molecule has 0 radical (unpaired) electrons. The number of carboxylic acids is 3. The monoisotopic (exact) mass is 849 g/mol. The molecule has 0 aliphatic carbocycles.